The maximum Gasteiger partial charge on any atom is 0.248 e. The minimum atomic E-state index is -3.76. The van der Waals surface area contributed by atoms with Crippen LogP contribution < -0.4 is 5.32 Å². The number of hydrogen-bond donors (Lipinski definition) is 1. The summed E-state index contributed by atoms with van der Waals surface area (Å²) >= 11 is 1.55. The quantitative estimate of drug-likeness (QED) is 0.643. The van der Waals surface area contributed by atoms with Crippen molar-refractivity contribution >= 4 is 33.0 Å². The molecule has 1 atom stereocenters. The average Bonchev–Trinajstić information content (AvgIpc) is 3.39. The van der Waals surface area contributed by atoms with E-state index >= 15 is 0 Å². The van der Waals surface area contributed by atoms with Gasteiger partial charge in [0.05, 0.1) is 5.92 Å². The van der Waals surface area contributed by atoms with Gasteiger partial charge in [-0.25, -0.2) is 13.4 Å². The lowest BCUT2D eigenvalue weighted by Crippen LogP contribution is -2.43. The SMILES string of the molecule is Cc1noc(C)c1S(=O)(=O)N1CCCC(C(=O)Nc2ccc(-c3nccs3)cc2)C1. The highest BCUT2D eigenvalue weighted by molar-refractivity contribution is 7.89. The van der Waals surface area contributed by atoms with Crippen LogP contribution in [-0.2, 0) is 14.8 Å². The number of thiazole rings is 1. The van der Waals surface area contributed by atoms with E-state index in [1.54, 1.807) is 31.4 Å². The van der Waals surface area contributed by atoms with Gasteiger partial charge in [0.25, 0.3) is 0 Å². The van der Waals surface area contributed by atoms with Crippen molar-refractivity contribution in [2.24, 2.45) is 5.92 Å². The van der Waals surface area contributed by atoms with Crippen molar-refractivity contribution in [3.05, 3.63) is 47.3 Å². The number of anilines is 1. The van der Waals surface area contributed by atoms with E-state index in [4.69, 9.17) is 4.52 Å². The van der Waals surface area contributed by atoms with Crippen LogP contribution in [0.4, 0.5) is 5.69 Å². The first-order valence-corrected chi connectivity index (χ1v) is 11.9. The summed E-state index contributed by atoms with van der Waals surface area (Å²) in [5, 5.41) is 9.48. The first-order valence-electron chi connectivity index (χ1n) is 9.60. The molecular weight excluding hydrogens is 424 g/mol. The molecule has 2 aromatic heterocycles. The number of amides is 1. The van der Waals surface area contributed by atoms with E-state index in [9.17, 15) is 13.2 Å². The lowest BCUT2D eigenvalue weighted by molar-refractivity contribution is -0.120. The summed E-state index contributed by atoms with van der Waals surface area (Å²) in [7, 11) is -3.76. The van der Waals surface area contributed by atoms with Crippen LogP contribution in [0.2, 0.25) is 0 Å². The molecule has 0 radical (unpaired) electrons. The molecule has 3 aromatic rings. The Morgan fingerprint density at radius 1 is 1.27 bits per heavy atom. The number of nitrogens with one attached hydrogen (secondary N) is 1. The molecule has 1 amide bonds. The molecule has 0 bridgehead atoms. The average molecular weight is 447 g/mol. The van der Waals surface area contributed by atoms with Gasteiger partial charge in [-0.1, -0.05) is 5.16 Å². The molecule has 3 heterocycles. The van der Waals surface area contributed by atoms with Crippen molar-refractivity contribution in [1.82, 2.24) is 14.4 Å². The highest BCUT2D eigenvalue weighted by Crippen LogP contribution is 2.29. The Labute approximate surface area is 179 Å². The maximum absolute atomic E-state index is 13.1. The van der Waals surface area contributed by atoms with E-state index in [0.717, 1.165) is 10.6 Å². The van der Waals surface area contributed by atoms with Crippen molar-refractivity contribution in [2.45, 2.75) is 31.6 Å². The van der Waals surface area contributed by atoms with Crippen molar-refractivity contribution in [2.75, 3.05) is 18.4 Å². The Hall–Kier alpha value is -2.56. The molecule has 1 aromatic carbocycles. The van der Waals surface area contributed by atoms with Gasteiger partial charge in [0.2, 0.25) is 15.9 Å². The van der Waals surface area contributed by atoms with E-state index in [1.807, 2.05) is 29.6 Å². The van der Waals surface area contributed by atoms with Crippen LogP contribution in [0.1, 0.15) is 24.3 Å². The summed E-state index contributed by atoms with van der Waals surface area (Å²) in [6, 6.07) is 7.47. The Balaban J connectivity index is 1.45. The standard InChI is InChI=1S/C20H22N4O4S2/c1-13-18(14(2)28-23-13)30(26,27)24-10-3-4-16(12-24)19(25)22-17-7-5-15(6-8-17)20-21-9-11-29-20/h5-9,11,16H,3-4,10,12H2,1-2H3,(H,22,25). The van der Waals surface area contributed by atoms with Crippen LogP contribution in [0.3, 0.4) is 0 Å². The van der Waals surface area contributed by atoms with Gasteiger partial charge < -0.3 is 9.84 Å². The van der Waals surface area contributed by atoms with Crippen molar-refractivity contribution in [3.8, 4) is 10.6 Å². The number of rotatable bonds is 5. The van der Waals surface area contributed by atoms with Crippen molar-refractivity contribution in [3.63, 3.8) is 0 Å². The number of hydrogen-bond acceptors (Lipinski definition) is 7. The topological polar surface area (TPSA) is 105 Å². The summed E-state index contributed by atoms with van der Waals surface area (Å²) < 4.78 is 32.5. The third-order valence-corrected chi connectivity index (χ3v) is 8.08. The van der Waals surface area contributed by atoms with E-state index in [-0.39, 0.29) is 23.1 Å². The molecule has 1 aliphatic rings. The van der Waals surface area contributed by atoms with Gasteiger partial charge in [-0.3, -0.25) is 4.79 Å². The van der Waals surface area contributed by atoms with Crippen LogP contribution in [-0.4, -0.2) is 41.9 Å². The fraction of sp³-hybridized carbons (Fsp3) is 0.350. The molecule has 1 aliphatic heterocycles. The third kappa shape index (κ3) is 4.03. The van der Waals surface area contributed by atoms with E-state index in [2.05, 4.69) is 15.5 Å². The Morgan fingerprint density at radius 2 is 2.03 bits per heavy atom. The first kappa shape index (κ1) is 20.7. The zero-order chi connectivity index (χ0) is 21.3. The Kier molecular flexibility index (Phi) is 5.72. The first-order chi connectivity index (χ1) is 14.4. The number of aryl methyl sites for hydroxylation is 2. The highest BCUT2D eigenvalue weighted by atomic mass is 32.2. The third-order valence-electron chi connectivity index (χ3n) is 5.15. The van der Waals surface area contributed by atoms with Crippen LogP contribution in [0.5, 0.6) is 0 Å². The molecule has 8 nitrogen and oxygen atoms in total. The van der Waals surface area contributed by atoms with Gasteiger partial charge in [-0.2, -0.15) is 4.31 Å². The van der Waals surface area contributed by atoms with Gasteiger partial charge in [0.15, 0.2) is 5.76 Å². The molecule has 0 spiro atoms. The smallest absolute Gasteiger partial charge is 0.248 e. The molecule has 158 valence electrons. The molecule has 0 aliphatic carbocycles. The molecule has 1 saturated heterocycles. The van der Waals surface area contributed by atoms with Gasteiger partial charge in [-0.15, -0.1) is 11.3 Å². The van der Waals surface area contributed by atoms with E-state index < -0.39 is 15.9 Å². The monoisotopic (exact) mass is 446 g/mol. The molecular formula is C20H22N4O4S2. The van der Waals surface area contributed by atoms with Crippen LogP contribution in [0, 0.1) is 19.8 Å². The van der Waals surface area contributed by atoms with Crippen LogP contribution in [0.15, 0.2) is 45.3 Å². The molecule has 4 rings (SSSR count). The minimum Gasteiger partial charge on any atom is -0.360 e. The summed E-state index contributed by atoms with van der Waals surface area (Å²) in [6.45, 7) is 3.69. The number of piperidine rings is 1. The predicted molar refractivity (Wildman–Crippen MR) is 114 cm³/mol. The number of nitrogens with zero attached hydrogens (tertiary/aromatic N) is 3. The summed E-state index contributed by atoms with van der Waals surface area (Å²) in [6.07, 6.45) is 3.00. The van der Waals surface area contributed by atoms with E-state index in [0.29, 0.717) is 30.8 Å². The minimum absolute atomic E-state index is 0.0985. The highest BCUT2D eigenvalue weighted by Gasteiger charge is 2.36. The number of aromatic nitrogens is 2. The molecule has 1 unspecified atom stereocenters. The molecule has 1 fully saturated rings. The second kappa shape index (κ2) is 8.29. The molecule has 30 heavy (non-hydrogen) atoms. The zero-order valence-electron chi connectivity index (χ0n) is 16.7. The Bertz CT molecular complexity index is 1120. The summed E-state index contributed by atoms with van der Waals surface area (Å²) in [4.78, 5) is 17.2. The summed E-state index contributed by atoms with van der Waals surface area (Å²) in [5.41, 5.74) is 1.99. The van der Waals surface area contributed by atoms with Crippen LogP contribution >= 0.6 is 11.3 Å². The second-order valence-electron chi connectivity index (χ2n) is 7.26. The lowest BCUT2D eigenvalue weighted by atomic mass is 9.98. The molecule has 1 N–H and O–H groups in total. The molecule has 0 saturated carbocycles. The largest absolute Gasteiger partial charge is 0.360 e. The molecule has 10 heteroatoms. The zero-order valence-corrected chi connectivity index (χ0v) is 18.3. The summed E-state index contributed by atoms with van der Waals surface area (Å²) in [5.74, 6) is -0.345. The maximum atomic E-state index is 13.1. The van der Waals surface area contributed by atoms with Crippen molar-refractivity contribution in [1.29, 1.82) is 0 Å². The number of benzene rings is 1. The Morgan fingerprint density at radius 3 is 2.67 bits per heavy atom. The van der Waals surface area contributed by atoms with Gasteiger partial charge in [-0.05, 0) is 51.0 Å². The lowest BCUT2D eigenvalue weighted by Gasteiger charge is -2.31. The fourth-order valence-corrected chi connectivity index (χ4v) is 6.11. The second-order valence-corrected chi connectivity index (χ2v) is 10.0. The van der Waals surface area contributed by atoms with Gasteiger partial charge in [0.1, 0.15) is 15.6 Å². The van der Waals surface area contributed by atoms with E-state index in [1.165, 1.54) is 4.31 Å². The predicted octanol–water partition coefficient (Wildman–Crippen LogP) is 3.45. The number of carbonyl (C=O) groups is 1. The van der Waals surface area contributed by atoms with Gasteiger partial charge in [0, 0.05) is 35.9 Å². The van der Waals surface area contributed by atoms with Gasteiger partial charge >= 0.3 is 0 Å². The van der Waals surface area contributed by atoms with Crippen LogP contribution in [0.25, 0.3) is 10.6 Å². The fourth-order valence-electron chi connectivity index (χ4n) is 3.65. The number of carbonyl (C=O) groups excluding carboxylic acids is 1. The normalized spacial score (nSPS) is 17.7. The number of sulfonamides is 1. The van der Waals surface area contributed by atoms with Crippen molar-refractivity contribution < 1.29 is 17.7 Å².